The summed E-state index contributed by atoms with van der Waals surface area (Å²) in [6.07, 6.45) is -0.807. The Kier molecular flexibility index (Phi) is 3.29. The Balaban J connectivity index is 2.77. The molecule has 1 aliphatic heterocycles. The molecule has 0 spiro atoms. The third kappa shape index (κ3) is 1.72. The average molecular weight is 190 g/mol. The van der Waals surface area contributed by atoms with Crippen molar-refractivity contribution >= 4 is 0 Å². The summed E-state index contributed by atoms with van der Waals surface area (Å²) in [4.78, 5) is 0. The van der Waals surface area contributed by atoms with Gasteiger partial charge in [-0.3, -0.25) is 0 Å². The van der Waals surface area contributed by atoms with Crippen molar-refractivity contribution in [1.82, 2.24) is 0 Å². The van der Waals surface area contributed by atoms with Crippen molar-refractivity contribution in [3.05, 3.63) is 0 Å². The van der Waals surface area contributed by atoms with Crippen LogP contribution < -0.4 is 0 Å². The lowest BCUT2D eigenvalue weighted by atomic mass is 9.88. The quantitative estimate of drug-likeness (QED) is 0.649. The first kappa shape index (κ1) is 10.9. The lowest BCUT2D eigenvalue weighted by Crippen LogP contribution is -2.57. The first-order valence-corrected chi connectivity index (χ1v) is 4.62. The highest BCUT2D eigenvalue weighted by atomic mass is 16.7. The maximum absolute atomic E-state index is 9.85. The summed E-state index contributed by atoms with van der Waals surface area (Å²) in [5.41, 5.74) is 0. The molecule has 3 unspecified atom stereocenters. The topological polar surface area (TPSA) is 58.9 Å². The molecule has 0 aromatic carbocycles. The van der Waals surface area contributed by atoms with Crippen molar-refractivity contribution in [1.29, 1.82) is 0 Å². The van der Waals surface area contributed by atoms with Gasteiger partial charge in [0.25, 0.3) is 0 Å². The van der Waals surface area contributed by atoms with Gasteiger partial charge in [0.05, 0.1) is 12.7 Å². The second-order valence-electron chi connectivity index (χ2n) is 3.55. The summed E-state index contributed by atoms with van der Waals surface area (Å²) in [5, 5.41) is 19.3. The Hall–Kier alpha value is -0.160. The maximum atomic E-state index is 9.85. The summed E-state index contributed by atoms with van der Waals surface area (Å²) in [7, 11) is 1.51. The predicted octanol–water partition coefficient (Wildman–Crippen LogP) is 0.127. The lowest BCUT2D eigenvalue weighted by Gasteiger charge is -2.44. The number of aliphatic hydroxyl groups is 2. The fourth-order valence-corrected chi connectivity index (χ4v) is 1.71. The first-order valence-electron chi connectivity index (χ1n) is 4.62. The summed E-state index contributed by atoms with van der Waals surface area (Å²) in [5.74, 6) is -1.15. The number of hydrogen-bond donors (Lipinski definition) is 2. The van der Waals surface area contributed by atoms with Crippen LogP contribution in [0.2, 0.25) is 0 Å². The molecule has 78 valence electrons. The van der Waals surface area contributed by atoms with Crippen LogP contribution in [0.3, 0.4) is 0 Å². The molecule has 0 amide bonds. The van der Waals surface area contributed by atoms with Gasteiger partial charge in [-0.1, -0.05) is 13.8 Å². The van der Waals surface area contributed by atoms with E-state index >= 15 is 0 Å². The van der Waals surface area contributed by atoms with Crippen LogP contribution in [0.4, 0.5) is 0 Å². The van der Waals surface area contributed by atoms with E-state index in [1.807, 2.05) is 6.92 Å². The summed E-state index contributed by atoms with van der Waals surface area (Å²) in [6.45, 7) is 3.90. The molecular weight excluding hydrogens is 172 g/mol. The van der Waals surface area contributed by atoms with Gasteiger partial charge >= 0.3 is 0 Å². The normalized spacial score (nSPS) is 46.4. The first-order chi connectivity index (χ1) is 6.07. The summed E-state index contributed by atoms with van der Waals surface area (Å²) < 4.78 is 10.5. The summed E-state index contributed by atoms with van der Waals surface area (Å²) in [6, 6.07) is 0. The molecule has 1 aliphatic rings. The van der Waals surface area contributed by atoms with Crippen LogP contribution >= 0.6 is 0 Å². The van der Waals surface area contributed by atoms with Crippen molar-refractivity contribution in [2.24, 2.45) is 5.92 Å². The Morgan fingerprint density at radius 2 is 2.15 bits per heavy atom. The standard InChI is InChI=1S/C9H18O4/c1-4-9(12-3)8(11)6(2)7(10)5-13-9/h6-8,10-11H,4-5H2,1-3H3/t6-,7?,8?,9?/m1/s1. The van der Waals surface area contributed by atoms with E-state index in [9.17, 15) is 10.2 Å². The van der Waals surface area contributed by atoms with Gasteiger partial charge in [-0.15, -0.1) is 0 Å². The van der Waals surface area contributed by atoms with Gasteiger partial charge in [0.15, 0.2) is 5.79 Å². The van der Waals surface area contributed by atoms with Gasteiger partial charge < -0.3 is 19.7 Å². The fourth-order valence-electron chi connectivity index (χ4n) is 1.71. The number of rotatable bonds is 2. The van der Waals surface area contributed by atoms with Crippen LogP contribution in [0, 0.1) is 5.92 Å². The number of aliphatic hydroxyl groups excluding tert-OH is 2. The molecule has 1 saturated heterocycles. The van der Waals surface area contributed by atoms with Crippen molar-refractivity contribution in [3.63, 3.8) is 0 Å². The summed E-state index contributed by atoms with van der Waals surface area (Å²) >= 11 is 0. The fraction of sp³-hybridized carbons (Fsp3) is 1.00. The van der Waals surface area contributed by atoms with Gasteiger partial charge in [0, 0.05) is 19.4 Å². The minimum atomic E-state index is -0.932. The largest absolute Gasteiger partial charge is 0.390 e. The molecule has 0 radical (unpaired) electrons. The minimum absolute atomic E-state index is 0.214. The monoisotopic (exact) mass is 190 g/mol. The van der Waals surface area contributed by atoms with Crippen LogP contribution in [-0.4, -0.2) is 41.9 Å². The molecule has 0 aromatic rings. The SMILES string of the molecule is CCC1(OC)OCC(O)[C@@H](C)C1O. The molecule has 1 heterocycles. The van der Waals surface area contributed by atoms with Crippen molar-refractivity contribution < 1.29 is 19.7 Å². The van der Waals surface area contributed by atoms with Crippen LogP contribution in [0.1, 0.15) is 20.3 Å². The molecule has 13 heavy (non-hydrogen) atoms. The second-order valence-corrected chi connectivity index (χ2v) is 3.55. The van der Waals surface area contributed by atoms with Gasteiger partial charge in [-0.2, -0.15) is 0 Å². The van der Waals surface area contributed by atoms with E-state index in [-0.39, 0.29) is 12.5 Å². The van der Waals surface area contributed by atoms with Gasteiger partial charge in [0.1, 0.15) is 6.10 Å². The van der Waals surface area contributed by atoms with E-state index in [4.69, 9.17) is 9.47 Å². The van der Waals surface area contributed by atoms with Gasteiger partial charge in [-0.25, -0.2) is 0 Å². The Morgan fingerprint density at radius 1 is 1.54 bits per heavy atom. The predicted molar refractivity (Wildman–Crippen MR) is 47.2 cm³/mol. The molecule has 1 rings (SSSR count). The second kappa shape index (κ2) is 3.92. The number of ether oxygens (including phenoxy) is 2. The van der Waals surface area contributed by atoms with Crippen molar-refractivity contribution in [2.45, 2.75) is 38.3 Å². The van der Waals surface area contributed by atoms with Crippen LogP contribution in [0.5, 0.6) is 0 Å². The molecular formula is C9H18O4. The zero-order valence-electron chi connectivity index (χ0n) is 8.36. The lowest BCUT2D eigenvalue weighted by molar-refractivity contribution is -0.321. The van der Waals surface area contributed by atoms with E-state index in [1.165, 1.54) is 7.11 Å². The van der Waals surface area contributed by atoms with E-state index < -0.39 is 18.0 Å². The van der Waals surface area contributed by atoms with Crippen molar-refractivity contribution in [3.8, 4) is 0 Å². The Labute approximate surface area is 78.5 Å². The highest BCUT2D eigenvalue weighted by Crippen LogP contribution is 2.32. The Bertz CT molecular complexity index is 167. The third-order valence-electron chi connectivity index (χ3n) is 2.89. The molecule has 1 fully saturated rings. The molecule has 2 N–H and O–H groups in total. The molecule has 0 saturated carbocycles. The van der Waals surface area contributed by atoms with E-state index in [0.29, 0.717) is 6.42 Å². The maximum Gasteiger partial charge on any atom is 0.194 e. The molecule has 0 aliphatic carbocycles. The van der Waals surface area contributed by atoms with Crippen molar-refractivity contribution in [2.75, 3.05) is 13.7 Å². The molecule has 4 nitrogen and oxygen atoms in total. The highest BCUT2D eigenvalue weighted by Gasteiger charge is 2.47. The zero-order chi connectivity index (χ0) is 10.1. The van der Waals surface area contributed by atoms with E-state index in [2.05, 4.69) is 0 Å². The van der Waals surface area contributed by atoms with Crippen LogP contribution in [0.25, 0.3) is 0 Å². The Morgan fingerprint density at radius 3 is 2.62 bits per heavy atom. The zero-order valence-corrected chi connectivity index (χ0v) is 8.36. The molecule has 4 heteroatoms. The number of methoxy groups -OCH3 is 1. The van der Waals surface area contributed by atoms with Crippen LogP contribution in [0.15, 0.2) is 0 Å². The minimum Gasteiger partial charge on any atom is -0.390 e. The van der Waals surface area contributed by atoms with Gasteiger partial charge in [0.2, 0.25) is 0 Å². The number of hydrogen-bond acceptors (Lipinski definition) is 4. The molecule has 0 aromatic heterocycles. The third-order valence-corrected chi connectivity index (χ3v) is 2.89. The molecule has 4 atom stereocenters. The van der Waals surface area contributed by atoms with E-state index in [0.717, 1.165) is 0 Å². The smallest absolute Gasteiger partial charge is 0.194 e. The highest BCUT2D eigenvalue weighted by molar-refractivity contribution is 4.89. The van der Waals surface area contributed by atoms with Gasteiger partial charge in [-0.05, 0) is 0 Å². The average Bonchev–Trinajstić information content (AvgIpc) is 2.16. The van der Waals surface area contributed by atoms with Crippen LogP contribution in [-0.2, 0) is 9.47 Å². The molecule has 0 bridgehead atoms. The van der Waals surface area contributed by atoms with E-state index in [1.54, 1.807) is 6.92 Å².